The van der Waals surface area contributed by atoms with Crippen LogP contribution in [0.5, 0.6) is 0 Å². The standard InChI is InChI=1S/C20H25N5O2/c1-23-10-6-16(15-23)19-22-18(17-5-2-3-9-25(17)19)20(26)21-7-4-8-24-11-13-27-14-12-24/h2-3,5-6,9-10,15H,4,7-8,11-14H2,1H3,(H,21,26). The highest BCUT2D eigenvalue weighted by atomic mass is 16.5. The first-order chi connectivity index (χ1) is 13.2. The number of aryl methyl sites for hydroxylation is 1. The maximum absolute atomic E-state index is 12.7. The van der Waals surface area contributed by atoms with Crippen molar-refractivity contribution in [1.29, 1.82) is 0 Å². The zero-order valence-electron chi connectivity index (χ0n) is 15.6. The molecule has 4 rings (SSSR count). The molecule has 7 nitrogen and oxygen atoms in total. The summed E-state index contributed by atoms with van der Waals surface area (Å²) in [6, 6.07) is 7.82. The van der Waals surface area contributed by atoms with Crippen LogP contribution in [0.1, 0.15) is 16.9 Å². The second kappa shape index (κ2) is 7.94. The van der Waals surface area contributed by atoms with E-state index in [9.17, 15) is 4.79 Å². The van der Waals surface area contributed by atoms with Gasteiger partial charge in [-0.15, -0.1) is 0 Å². The molecule has 142 valence electrons. The largest absolute Gasteiger partial charge is 0.379 e. The summed E-state index contributed by atoms with van der Waals surface area (Å²) in [5, 5.41) is 3.02. The summed E-state index contributed by atoms with van der Waals surface area (Å²) in [4.78, 5) is 19.8. The number of imidazole rings is 1. The van der Waals surface area contributed by atoms with Crippen molar-refractivity contribution in [3.05, 3.63) is 48.5 Å². The molecule has 3 aromatic rings. The van der Waals surface area contributed by atoms with Crippen LogP contribution < -0.4 is 5.32 Å². The van der Waals surface area contributed by atoms with Gasteiger partial charge in [-0.1, -0.05) is 6.07 Å². The van der Waals surface area contributed by atoms with Crippen molar-refractivity contribution in [3.63, 3.8) is 0 Å². The van der Waals surface area contributed by atoms with Crippen LogP contribution in [0, 0.1) is 0 Å². The Hall–Kier alpha value is -2.64. The van der Waals surface area contributed by atoms with Gasteiger partial charge >= 0.3 is 0 Å². The van der Waals surface area contributed by atoms with Crippen molar-refractivity contribution in [1.82, 2.24) is 24.2 Å². The molecule has 1 aliphatic heterocycles. The minimum absolute atomic E-state index is 0.122. The predicted octanol–water partition coefficient (Wildman–Crippen LogP) is 1.79. The molecule has 1 saturated heterocycles. The summed E-state index contributed by atoms with van der Waals surface area (Å²) in [6.45, 7) is 5.16. The highest BCUT2D eigenvalue weighted by molar-refractivity contribution is 6.00. The van der Waals surface area contributed by atoms with Crippen LogP contribution in [0.3, 0.4) is 0 Å². The number of carbonyl (C=O) groups excluding carboxylic acids is 1. The molecule has 0 unspecified atom stereocenters. The van der Waals surface area contributed by atoms with Crippen LogP contribution in [-0.4, -0.2) is 64.2 Å². The van der Waals surface area contributed by atoms with Gasteiger partial charge in [-0.2, -0.15) is 0 Å². The number of hydrogen-bond donors (Lipinski definition) is 1. The van der Waals surface area contributed by atoms with Gasteiger partial charge in [0.05, 0.1) is 18.7 Å². The second-order valence-electron chi connectivity index (χ2n) is 6.87. The van der Waals surface area contributed by atoms with Gasteiger partial charge in [0.2, 0.25) is 0 Å². The third kappa shape index (κ3) is 3.89. The van der Waals surface area contributed by atoms with E-state index in [1.165, 1.54) is 0 Å². The summed E-state index contributed by atoms with van der Waals surface area (Å²) in [7, 11) is 1.97. The number of amides is 1. The monoisotopic (exact) mass is 367 g/mol. The Labute approximate surface area is 158 Å². The Balaban J connectivity index is 1.45. The molecule has 1 fully saturated rings. The van der Waals surface area contributed by atoms with E-state index in [0.717, 1.165) is 56.2 Å². The smallest absolute Gasteiger partial charge is 0.272 e. The Morgan fingerprint density at radius 3 is 2.85 bits per heavy atom. The zero-order chi connectivity index (χ0) is 18.6. The first kappa shape index (κ1) is 17.8. The van der Waals surface area contributed by atoms with Crippen molar-refractivity contribution in [2.75, 3.05) is 39.4 Å². The van der Waals surface area contributed by atoms with Gasteiger partial charge in [-0.05, 0) is 31.2 Å². The molecule has 0 spiro atoms. The van der Waals surface area contributed by atoms with E-state index in [0.29, 0.717) is 12.2 Å². The average molecular weight is 367 g/mol. The Kier molecular flexibility index (Phi) is 5.22. The Morgan fingerprint density at radius 1 is 1.22 bits per heavy atom. The fourth-order valence-electron chi connectivity index (χ4n) is 3.46. The molecule has 1 amide bonds. The van der Waals surface area contributed by atoms with Crippen LogP contribution >= 0.6 is 0 Å². The number of fused-ring (bicyclic) bond motifs is 1. The SMILES string of the molecule is Cn1ccc(-c2nc(C(=O)NCCCN3CCOCC3)c3ccccn23)c1. The third-order valence-electron chi connectivity index (χ3n) is 4.89. The molecule has 7 heteroatoms. The molecule has 1 aliphatic rings. The molecule has 0 saturated carbocycles. The van der Waals surface area contributed by atoms with Crippen molar-refractivity contribution < 1.29 is 9.53 Å². The lowest BCUT2D eigenvalue weighted by atomic mass is 10.3. The van der Waals surface area contributed by atoms with Crippen molar-refractivity contribution in [2.24, 2.45) is 7.05 Å². The van der Waals surface area contributed by atoms with E-state index in [4.69, 9.17) is 4.74 Å². The van der Waals surface area contributed by atoms with Crippen molar-refractivity contribution >= 4 is 11.4 Å². The maximum Gasteiger partial charge on any atom is 0.272 e. The van der Waals surface area contributed by atoms with Crippen molar-refractivity contribution in [2.45, 2.75) is 6.42 Å². The average Bonchev–Trinajstić information content (AvgIpc) is 3.29. The summed E-state index contributed by atoms with van der Waals surface area (Å²) >= 11 is 0. The second-order valence-corrected chi connectivity index (χ2v) is 6.87. The maximum atomic E-state index is 12.7. The van der Waals surface area contributed by atoms with Crippen LogP contribution in [0.15, 0.2) is 42.9 Å². The van der Waals surface area contributed by atoms with E-state index in [2.05, 4.69) is 15.2 Å². The lowest BCUT2D eigenvalue weighted by Gasteiger charge is -2.26. The lowest BCUT2D eigenvalue weighted by molar-refractivity contribution is 0.0374. The predicted molar refractivity (Wildman–Crippen MR) is 104 cm³/mol. The van der Waals surface area contributed by atoms with Gasteiger partial charge in [0.25, 0.3) is 5.91 Å². The quantitative estimate of drug-likeness (QED) is 0.675. The van der Waals surface area contributed by atoms with E-state index in [1.807, 2.05) is 58.9 Å². The minimum Gasteiger partial charge on any atom is -0.379 e. The summed E-state index contributed by atoms with van der Waals surface area (Å²) in [5.74, 6) is 0.660. The van der Waals surface area contributed by atoms with Crippen LogP contribution in [0.4, 0.5) is 0 Å². The number of morpholine rings is 1. The summed E-state index contributed by atoms with van der Waals surface area (Å²) in [6.07, 6.45) is 6.85. The molecule has 1 N–H and O–H groups in total. The summed E-state index contributed by atoms with van der Waals surface area (Å²) < 4.78 is 9.31. The Morgan fingerprint density at radius 2 is 2.07 bits per heavy atom. The number of pyridine rings is 1. The number of carbonyl (C=O) groups is 1. The number of rotatable bonds is 6. The van der Waals surface area contributed by atoms with Crippen LogP contribution in [0.25, 0.3) is 16.9 Å². The molecule has 0 aromatic carbocycles. The number of nitrogens with zero attached hydrogens (tertiary/aromatic N) is 4. The summed E-state index contributed by atoms with van der Waals surface area (Å²) in [5.41, 5.74) is 2.29. The van der Waals surface area contributed by atoms with E-state index in [1.54, 1.807) is 0 Å². The third-order valence-corrected chi connectivity index (χ3v) is 4.89. The highest BCUT2D eigenvalue weighted by Gasteiger charge is 2.18. The molecule has 0 aliphatic carbocycles. The molecule has 3 aromatic heterocycles. The molecule has 0 radical (unpaired) electrons. The number of hydrogen-bond acceptors (Lipinski definition) is 4. The first-order valence-corrected chi connectivity index (χ1v) is 9.40. The number of aromatic nitrogens is 3. The van der Waals surface area contributed by atoms with Crippen LogP contribution in [-0.2, 0) is 11.8 Å². The number of nitrogens with one attached hydrogen (secondary N) is 1. The molecular formula is C20H25N5O2. The van der Waals surface area contributed by atoms with Gasteiger partial charge in [-0.3, -0.25) is 14.1 Å². The first-order valence-electron chi connectivity index (χ1n) is 9.40. The minimum atomic E-state index is -0.122. The van der Waals surface area contributed by atoms with E-state index in [-0.39, 0.29) is 5.91 Å². The van der Waals surface area contributed by atoms with Gasteiger partial charge in [-0.25, -0.2) is 4.98 Å². The fourth-order valence-corrected chi connectivity index (χ4v) is 3.46. The lowest BCUT2D eigenvalue weighted by Crippen LogP contribution is -2.38. The normalized spacial score (nSPS) is 15.3. The Bertz CT molecular complexity index is 923. The zero-order valence-corrected chi connectivity index (χ0v) is 15.6. The van der Waals surface area contributed by atoms with Gasteiger partial charge in [0.15, 0.2) is 5.69 Å². The number of ether oxygens (including phenoxy) is 1. The van der Waals surface area contributed by atoms with E-state index < -0.39 is 0 Å². The topological polar surface area (TPSA) is 63.8 Å². The van der Waals surface area contributed by atoms with Gasteiger partial charge < -0.3 is 14.6 Å². The highest BCUT2D eigenvalue weighted by Crippen LogP contribution is 2.23. The molecule has 0 bridgehead atoms. The molecule has 0 atom stereocenters. The van der Waals surface area contributed by atoms with Gasteiger partial charge in [0.1, 0.15) is 5.82 Å². The van der Waals surface area contributed by atoms with E-state index >= 15 is 0 Å². The fraction of sp³-hybridized carbons (Fsp3) is 0.400. The molecular weight excluding hydrogens is 342 g/mol. The van der Waals surface area contributed by atoms with Gasteiger partial charge in [0, 0.05) is 50.8 Å². The van der Waals surface area contributed by atoms with Crippen LogP contribution in [0.2, 0.25) is 0 Å². The molecule has 27 heavy (non-hydrogen) atoms. The molecule has 4 heterocycles. The van der Waals surface area contributed by atoms with Crippen molar-refractivity contribution in [3.8, 4) is 11.4 Å².